The second-order valence-corrected chi connectivity index (χ2v) is 4.96. The number of ketones is 1. The third-order valence-corrected chi connectivity index (χ3v) is 2.31. The van der Waals surface area contributed by atoms with Crippen LogP contribution in [-0.4, -0.2) is 39.9 Å². The summed E-state index contributed by atoms with van der Waals surface area (Å²) in [7, 11) is -1.49. The Bertz CT molecular complexity index is 230. The van der Waals surface area contributed by atoms with Crippen molar-refractivity contribution in [2.75, 3.05) is 25.7 Å². The molecule has 5 heteroatoms. The van der Waals surface area contributed by atoms with Crippen molar-refractivity contribution < 1.29 is 17.9 Å². The van der Waals surface area contributed by atoms with Crippen molar-refractivity contribution in [2.45, 2.75) is 12.8 Å². The van der Waals surface area contributed by atoms with Gasteiger partial charge in [0.2, 0.25) is 0 Å². The van der Waals surface area contributed by atoms with Gasteiger partial charge in [-0.05, 0) is 6.42 Å². The van der Waals surface area contributed by atoms with Crippen LogP contribution in [0.25, 0.3) is 0 Å². The molecule has 0 heterocycles. The average molecular weight is 194 g/mol. The number of ether oxygens (including phenoxy) is 1. The van der Waals surface area contributed by atoms with Crippen molar-refractivity contribution >= 4 is 15.6 Å². The van der Waals surface area contributed by atoms with E-state index in [1.807, 2.05) is 0 Å². The van der Waals surface area contributed by atoms with Gasteiger partial charge in [-0.25, -0.2) is 8.42 Å². The Kier molecular flexibility index (Phi) is 5.08. The van der Waals surface area contributed by atoms with E-state index in [-0.39, 0.29) is 24.6 Å². The van der Waals surface area contributed by atoms with Gasteiger partial charge < -0.3 is 4.74 Å². The van der Waals surface area contributed by atoms with E-state index < -0.39 is 9.84 Å². The minimum atomic E-state index is -2.93. The second-order valence-electron chi connectivity index (χ2n) is 2.71. The first-order valence-electron chi connectivity index (χ1n) is 3.64. The SMILES string of the molecule is COCC(=O)CCCS(C)(=O)=O. The highest BCUT2D eigenvalue weighted by atomic mass is 32.2. The van der Waals surface area contributed by atoms with Crippen LogP contribution in [0.1, 0.15) is 12.8 Å². The number of hydrogen-bond acceptors (Lipinski definition) is 4. The fourth-order valence-corrected chi connectivity index (χ4v) is 1.43. The molecule has 0 N–H and O–H groups in total. The van der Waals surface area contributed by atoms with Crippen LogP contribution < -0.4 is 0 Å². The van der Waals surface area contributed by atoms with Crippen LogP contribution in [0.2, 0.25) is 0 Å². The van der Waals surface area contributed by atoms with Crippen LogP contribution in [0.4, 0.5) is 0 Å². The number of carbonyl (C=O) groups excluding carboxylic acids is 1. The molecule has 0 saturated carbocycles. The highest BCUT2D eigenvalue weighted by Crippen LogP contribution is 1.95. The molecule has 4 nitrogen and oxygen atoms in total. The Morgan fingerprint density at radius 2 is 2.00 bits per heavy atom. The standard InChI is InChI=1S/C7H14O4S/c1-11-6-7(8)4-3-5-12(2,9)10/h3-6H2,1-2H3. The molecule has 0 unspecified atom stereocenters. The quantitative estimate of drug-likeness (QED) is 0.598. The fraction of sp³-hybridized carbons (Fsp3) is 0.857. The molecule has 72 valence electrons. The Morgan fingerprint density at radius 1 is 1.42 bits per heavy atom. The van der Waals surface area contributed by atoms with E-state index in [9.17, 15) is 13.2 Å². The lowest BCUT2D eigenvalue weighted by molar-refractivity contribution is -0.122. The predicted molar refractivity (Wildman–Crippen MR) is 45.8 cm³/mol. The van der Waals surface area contributed by atoms with Crippen molar-refractivity contribution in [3.05, 3.63) is 0 Å². The van der Waals surface area contributed by atoms with E-state index in [1.165, 1.54) is 7.11 Å². The lowest BCUT2D eigenvalue weighted by Gasteiger charge is -1.98. The summed E-state index contributed by atoms with van der Waals surface area (Å²) in [5.41, 5.74) is 0. The Morgan fingerprint density at radius 3 is 2.42 bits per heavy atom. The summed E-state index contributed by atoms with van der Waals surface area (Å²) in [5.74, 6) is 0.0174. The van der Waals surface area contributed by atoms with E-state index in [0.717, 1.165) is 6.26 Å². The molecule has 12 heavy (non-hydrogen) atoms. The summed E-state index contributed by atoms with van der Waals surface area (Å²) < 4.78 is 25.8. The lowest BCUT2D eigenvalue weighted by Crippen LogP contribution is -2.09. The van der Waals surface area contributed by atoms with Crippen LogP contribution in [-0.2, 0) is 19.4 Å². The van der Waals surface area contributed by atoms with Gasteiger partial charge in [-0.3, -0.25) is 4.79 Å². The molecule has 0 amide bonds. The summed E-state index contributed by atoms with van der Waals surface area (Å²) in [6.07, 6.45) is 1.83. The Balaban J connectivity index is 3.51. The molecule has 0 aromatic heterocycles. The molecule has 0 aliphatic carbocycles. The molecule has 0 aliphatic rings. The number of rotatable bonds is 6. The highest BCUT2D eigenvalue weighted by Gasteiger charge is 2.05. The van der Waals surface area contributed by atoms with Crippen molar-refractivity contribution in [1.29, 1.82) is 0 Å². The van der Waals surface area contributed by atoms with Crippen molar-refractivity contribution in [1.82, 2.24) is 0 Å². The highest BCUT2D eigenvalue weighted by molar-refractivity contribution is 7.90. The molecule has 0 saturated heterocycles. The maximum atomic E-state index is 10.8. The zero-order valence-electron chi connectivity index (χ0n) is 7.37. The molecule has 0 aromatic carbocycles. The molecular formula is C7H14O4S. The third-order valence-electron chi connectivity index (χ3n) is 1.28. The summed E-state index contributed by atoms with van der Waals surface area (Å²) in [4.78, 5) is 10.8. The van der Waals surface area contributed by atoms with E-state index in [0.29, 0.717) is 6.42 Å². The van der Waals surface area contributed by atoms with Gasteiger partial charge in [0.15, 0.2) is 5.78 Å². The van der Waals surface area contributed by atoms with Crippen molar-refractivity contribution in [3.63, 3.8) is 0 Å². The van der Waals surface area contributed by atoms with Crippen LogP contribution in [0, 0.1) is 0 Å². The van der Waals surface area contributed by atoms with Crippen LogP contribution >= 0.6 is 0 Å². The number of carbonyl (C=O) groups is 1. The fourth-order valence-electron chi connectivity index (χ4n) is 0.765. The third kappa shape index (κ3) is 7.68. The molecule has 0 atom stereocenters. The monoisotopic (exact) mass is 194 g/mol. The maximum Gasteiger partial charge on any atom is 0.158 e. The van der Waals surface area contributed by atoms with Gasteiger partial charge in [0.05, 0.1) is 5.75 Å². The zero-order chi connectivity index (χ0) is 9.61. The Hall–Kier alpha value is -0.420. The lowest BCUT2D eigenvalue weighted by atomic mass is 10.2. The minimum Gasteiger partial charge on any atom is -0.377 e. The van der Waals surface area contributed by atoms with Gasteiger partial charge >= 0.3 is 0 Å². The van der Waals surface area contributed by atoms with Gasteiger partial charge in [-0.15, -0.1) is 0 Å². The topological polar surface area (TPSA) is 60.4 Å². The van der Waals surface area contributed by atoms with Crippen LogP contribution in [0.15, 0.2) is 0 Å². The normalized spacial score (nSPS) is 11.5. The average Bonchev–Trinajstić information content (AvgIpc) is 1.84. The summed E-state index contributed by atoms with van der Waals surface area (Å²) in [6, 6.07) is 0. The number of Topliss-reactive ketones (excluding diaryl/α,β-unsaturated/α-hetero) is 1. The molecular weight excluding hydrogens is 180 g/mol. The van der Waals surface area contributed by atoms with E-state index >= 15 is 0 Å². The van der Waals surface area contributed by atoms with Gasteiger partial charge in [0.1, 0.15) is 16.4 Å². The van der Waals surface area contributed by atoms with Gasteiger partial charge in [-0.1, -0.05) is 0 Å². The van der Waals surface area contributed by atoms with Gasteiger partial charge in [0, 0.05) is 19.8 Å². The summed E-state index contributed by atoms with van der Waals surface area (Å²) in [5, 5.41) is 0. The van der Waals surface area contributed by atoms with Crippen LogP contribution in [0.5, 0.6) is 0 Å². The van der Waals surface area contributed by atoms with E-state index in [2.05, 4.69) is 4.74 Å². The smallest absolute Gasteiger partial charge is 0.158 e. The van der Waals surface area contributed by atoms with Crippen molar-refractivity contribution in [3.8, 4) is 0 Å². The van der Waals surface area contributed by atoms with Crippen molar-refractivity contribution in [2.24, 2.45) is 0 Å². The molecule has 0 bridgehead atoms. The molecule has 0 radical (unpaired) electrons. The number of methoxy groups -OCH3 is 1. The van der Waals surface area contributed by atoms with Gasteiger partial charge in [-0.2, -0.15) is 0 Å². The van der Waals surface area contributed by atoms with E-state index in [1.54, 1.807) is 0 Å². The summed E-state index contributed by atoms with van der Waals surface area (Å²) >= 11 is 0. The molecule has 0 spiro atoms. The van der Waals surface area contributed by atoms with Crippen LogP contribution in [0.3, 0.4) is 0 Å². The first-order valence-corrected chi connectivity index (χ1v) is 5.70. The molecule has 0 rings (SSSR count). The second kappa shape index (κ2) is 5.27. The first kappa shape index (κ1) is 11.6. The number of hydrogen-bond donors (Lipinski definition) is 0. The molecule has 0 aliphatic heterocycles. The maximum absolute atomic E-state index is 10.8. The number of sulfone groups is 1. The minimum absolute atomic E-state index is 0.0545. The molecule has 0 fully saturated rings. The predicted octanol–water partition coefficient (Wildman–Crippen LogP) is 0.0267. The summed E-state index contributed by atoms with van der Waals surface area (Å²) in [6.45, 7) is 0.0732. The zero-order valence-corrected chi connectivity index (χ0v) is 8.19. The molecule has 0 aromatic rings. The largest absolute Gasteiger partial charge is 0.377 e. The van der Waals surface area contributed by atoms with E-state index in [4.69, 9.17) is 0 Å². The first-order chi connectivity index (χ1) is 5.45. The van der Waals surface area contributed by atoms with Gasteiger partial charge in [0.25, 0.3) is 0 Å². The Labute approximate surface area is 72.8 Å².